The Bertz CT molecular complexity index is 658. The number of carbonyl (C=O) groups is 1. The summed E-state index contributed by atoms with van der Waals surface area (Å²) < 4.78 is 13.1. The molecular weight excluding hydrogens is 357 g/mol. The normalized spacial score (nSPS) is 23.6. The van der Waals surface area contributed by atoms with E-state index in [1.165, 1.54) is 17.7 Å². The Labute approximate surface area is 167 Å². The van der Waals surface area contributed by atoms with E-state index < -0.39 is 6.04 Å². The van der Waals surface area contributed by atoms with Gasteiger partial charge in [-0.2, -0.15) is 0 Å². The lowest BCUT2D eigenvalue weighted by Crippen LogP contribution is -2.48. The van der Waals surface area contributed by atoms with Gasteiger partial charge in [0.25, 0.3) is 0 Å². The molecule has 1 heterocycles. The molecule has 1 saturated heterocycles. The van der Waals surface area contributed by atoms with Gasteiger partial charge in [0, 0.05) is 31.6 Å². The molecule has 1 aromatic rings. The Kier molecular flexibility index (Phi) is 7.21. The smallest absolute Gasteiger partial charge is 0.239 e. The molecule has 6 heteroatoms. The van der Waals surface area contributed by atoms with Gasteiger partial charge in [-0.15, -0.1) is 6.58 Å². The highest BCUT2D eigenvalue weighted by molar-refractivity contribution is 5.81. The molecule has 1 aliphatic carbocycles. The van der Waals surface area contributed by atoms with E-state index in [-0.39, 0.29) is 17.8 Å². The third-order valence-corrected chi connectivity index (χ3v) is 5.94. The van der Waals surface area contributed by atoms with Crippen LogP contribution >= 0.6 is 0 Å². The Morgan fingerprint density at radius 2 is 2.04 bits per heavy atom. The second kappa shape index (κ2) is 9.63. The molecule has 5 nitrogen and oxygen atoms in total. The van der Waals surface area contributed by atoms with Gasteiger partial charge in [0.1, 0.15) is 5.82 Å². The largest absolute Gasteiger partial charge is 0.393 e. The summed E-state index contributed by atoms with van der Waals surface area (Å²) in [6.45, 7) is 6.72. The molecule has 0 radical (unpaired) electrons. The van der Waals surface area contributed by atoms with E-state index in [0.29, 0.717) is 44.3 Å². The Balaban J connectivity index is 1.44. The molecule has 1 aliphatic heterocycles. The fraction of sp³-hybridized carbons (Fsp3) is 0.591. The lowest BCUT2D eigenvalue weighted by Gasteiger charge is -2.31. The van der Waals surface area contributed by atoms with Gasteiger partial charge in [-0.3, -0.25) is 9.69 Å². The zero-order valence-corrected chi connectivity index (χ0v) is 16.5. The summed E-state index contributed by atoms with van der Waals surface area (Å²) in [7, 11) is 0. The van der Waals surface area contributed by atoms with Crippen molar-refractivity contribution in [2.45, 2.75) is 56.2 Å². The van der Waals surface area contributed by atoms with Crippen LogP contribution in [0.4, 0.5) is 4.39 Å². The summed E-state index contributed by atoms with van der Waals surface area (Å²) >= 11 is 0. The zero-order chi connectivity index (χ0) is 20.1. The molecule has 1 saturated carbocycles. The number of rotatable bonds is 9. The van der Waals surface area contributed by atoms with Crippen LogP contribution in [0.2, 0.25) is 0 Å². The van der Waals surface area contributed by atoms with E-state index in [9.17, 15) is 14.3 Å². The van der Waals surface area contributed by atoms with Crippen molar-refractivity contribution in [2.24, 2.45) is 5.73 Å². The number of aliphatic hydroxyl groups is 1. The number of likely N-dealkylation sites (tertiary alicyclic amines) is 1. The molecule has 0 spiro atoms. The first-order valence-electron chi connectivity index (χ1n) is 10.3. The number of hydrogen-bond donors (Lipinski definition) is 2. The van der Waals surface area contributed by atoms with Crippen LogP contribution in [0.1, 0.15) is 43.6 Å². The van der Waals surface area contributed by atoms with Crippen LogP contribution in [0.15, 0.2) is 36.9 Å². The van der Waals surface area contributed by atoms with Crippen molar-refractivity contribution < 1.29 is 14.3 Å². The molecule has 0 bridgehead atoms. The first-order chi connectivity index (χ1) is 13.5. The van der Waals surface area contributed by atoms with E-state index in [0.717, 1.165) is 25.9 Å². The number of piperidine rings is 1. The van der Waals surface area contributed by atoms with Crippen LogP contribution in [0.5, 0.6) is 0 Å². The van der Waals surface area contributed by atoms with Crippen molar-refractivity contribution >= 4 is 5.91 Å². The molecule has 2 aliphatic rings. The number of benzene rings is 1. The van der Waals surface area contributed by atoms with Crippen molar-refractivity contribution in [3.8, 4) is 0 Å². The maximum absolute atomic E-state index is 13.1. The molecule has 0 aromatic heterocycles. The van der Waals surface area contributed by atoms with Crippen LogP contribution < -0.4 is 5.73 Å². The summed E-state index contributed by atoms with van der Waals surface area (Å²) in [5, 5.41) is 9.57. The third-order valence-electron chi connectivity index (χ3n) is 5.94. The fourth-order valence-electron chi connectivity index (χ4n) is 4.17. The Morgan fingerprint density at radius 1 is 1.36 bits per heavy atom. The zero-order valence-electron chi connectivity index (χ0n) is 16.5. The molecular formula is C22H32FN3O2. The number of nitrogens with two attached hydrogens (primary N) is 1. The number of hydrogen-bond acceptors (Lipinski definition) is 4. The fourth-order valence-corrected chi connectivity index (χ4v) is 4.17. The summed E-state index contributed by atoms with van der Waals surface area (Å²) in [4.78, 5) is 16.6. The number of carbonyl (C=O) groups excluding carboxylic acids is 1. The minimum atomic E-state index is -0.479. The van der Waals surface area contributed by atoms with Gasteiger partial charge in [0.2, 0.25) is 5.91 Å². The average Bonchev–Trinajstić information content (AvgIpc) is 3.48. The van der Waals surface area contributed by atoms with Crippen LogP contribution in [-0.4, -0.2) is 65.2 Å². The van der Waals surface area contributed by atoms with Crippen LogP contribution in [0, 0.1) is 5.82 Å². The van der Waals surface area contributed by atoms with Crippen LogP contribution in [-0.2, 0) is 4.79 Å². The van der Waals surface area contributed by atoms with Crippen LogP contribution in [0.25, 0.3) is 0 Å². The summed E-state index contributed by atoms with van der Waals surface area (Å²) in [5.41, 5.74) is 7.32. The molecule has 3 atom stereocenters. The Morgan fingerprint density at radius 3 is 2.68 bits per heavy atom. The summed E-state index contributed by atoms with van der Waals surface area (Å²) in [6.07, 6.45) is 5.46. The van der Waals surface area contributed by atoms with E-state index in [4.69, 9.17) is 5.73 Å². The maximum atomic E-state index is 13.1. The summed E-state index contributed by atoms with van der Waals surface area (Å²) in [5.74, 6) is 0.235. The second-order valence-electron chi connectivity index (χ2n) is 8.05. The highest BCUT2D eigenvalue weighted by Crippen LogP contribution is 2.44. The molecule has 1 amide bonds. The number of halogens is 1. The first-order valence-corrected chi connectivity index (χ1v) is 10.3. The first kappa shape index (κ1) is 21.0. The van der Waals surface area contributed by atoms with E-state index in [1.807, 2.05) is 18.2 Å². The predicted octanol–water partition coefficient (Wildman–Crippen LogP) is 2.26. The topological polar surface area (TPSA) is 69.8 Å². The molecule has 2 fully saturated rings. The van der Waals surface area contributed by atoms with E-state index >= 15 is 0 Å². The quantitative estimate of drug-likeness (QED) is 0.636. The lowest BCUT2D eigenvalue weighted by atomic mass is 10.1. The van der Waals surface area contributed by atoms with Gasteiger partial charge in [-0.1, -0.05) is 18.2 Å². The van der Waals surface area contributed by atoms with Gasteiger partial charge in [-0.05, 0) is 56.3 Å². The van der Waals surface area contributed by atoms with Crippen molar-refractivity contribution in [2.75, 3.05) is 26.2 Å². The van der Waals surface area contributed by atoms with Gasteiger partial charge in [-0.25, -0.2) is 4.39 Å². The van der Waals surface area contributed by atoms with Crippen molar-refractivity contribution in [3.63, 3.8) is 0 Å². The predicted molar refractivity (Wildman–Crippen MR) is 108 cm³/mol. The second-order valence-corrected chi connectivity index (χ2v) is 8.05. The van der Waals surface area contributed by atoms with Gasteiger partial charge in [0.15, 0.2) is 0 Å². The highest BCUT2D eigenvalue weighted by Gasteiger charge is 2.42. The number of aliphatic hydroxyl groups excluding tert-OH is 1. The Hall–Kier alpha value is -1.76. The molecule has 28 heavy (non-hydrogen) atoms. The SMILES string of the molecule is C=CCN(CCCC(N)C(=O)N1CCC(O)CC1)C1C[C@H]1c1ccc(F)cc1. The van der Waals surface area contributed by atoms with Gasteiger partial charge < -0.3 is 15.7 Å². The lowest BCUT2D eigenvalue weighted by molar-refractivity contribution is -0.134. The monoisotopic (exact) mass is 389 g/mol. The van der Waals surface area contributed by atoms with E-state index in [2.05, 4.69) is 11.5 Å². The number of amides is 1. The minimum absolute atomic E-state index is 0.00205. The third kappa shape index (κ3) is 5.40. The molecule has 1 aromatic carbocycles. The van der Waals surface area contributed by atoms with Gasteiger partial charge in [0.05, 0.1) is 12.1 Å². The van der Waals surface area contributed by atoms with Crippen molar-refractivity contribution in [1.82, 2.24) is 9.80 Å². The molecule has 2 unspecified atom stereocenters. The molecule has 3 rings (SSSR count). The standard InChI is InChI=1S/C22H32FN3O2/c1-2-11-25(21-15-19(21)16-5-7-17(23)8-6-16)12-3-4-20(24)22(28)26-13-9-18(27)10-14-26/h2,5-8,18-21,27H,1,3-4,9-15,24H2/t19-,20?,21?/m0/s1. The van der Waals surface area contributed by atoms with Crippen molar-refractivity contribution in [1.29, 1.82) is 0 Å². The minimum Gasteiger partial charge on any atom is -0.393 e. The van der Waals surface area contributed by atoms with E-state index in [1.54, 1.807) is 4.90 Å². The average molecular weight is 390 g/mol. The molecule has 154 valence electrons. The number of nitrogens with zero attached hydrogens (tertiary/aromatic N) is 2. The van der Waals surface area contributed by atoms with Crippen molar-refractivity contribution in [3.05, 3.63) is 48.3 Å². The molecule has 3 N–H and O–H groups in total. The summed E-state index contributed by atoms with van der Waals surface area (Å²) in [6, 6.07) is 6.75. The maximum Gasteiger partial charge on any atom is 0.239 e. The highest BCUT2D eigenvalue weighted by atomic mass is 19.1. The van der Waals surface area contributed by atoms with Gasteiger partial charge >= 0.3 is 0 Å². The van der Waals surface area contributed by atoms with Crippen LogP contribution in [0.3, 0.4) is 0 Å².